The van der Waals surface area contributed by atoms with Crippen LogP contribution in [0.2, 0.25) is 0 Å². The third kappa shape index (κ3) is 2.91. The standard InChI is InChI=1S/C11H11FN4O3/c1-13-5-4-10-14-15-11(19-10)8-3-2-7(16(17)18)6-9(8)12/h2-3,6,13H,4-5H2,1H3. The van der Waals surface area contributed by atoms with Crippen LogP contribution in [0.1, 0.15) is 5.89 Å². The second-order valence-corrected chi connectivity index (χ2v) is 3.78. The number of likely N-dealkylation sites (N-methyl/N-ethyl adjacent to an activating group) is 1. The molecule has 1 N–H and O–H groups in total. The first-order chi connectivity index (χ1) is 9.11. The SMILES string of the molecule is CNCCc1nnc(-c2ccc([N+](=O)[O-])cc2F)o1. The van der Waals surface area contributed by atoms with Crippen molar-refractivity contribution in [2.75, 3.05) is 13.6 Å². The summed E-state index contributed by atoms with van der Waals surface area (Å²) in [4.78, 5) is 9.84. The van der Waals surface area contributed by atoms with E-state index >= 15 is 0 Å². The fraction of sp³-hybridized carbons (Fsp3) is 0.273. The number of aromatic nitrogens is 2. The van der Waals surface area contributed by atoms with E-state index in [1.807, 2.05) is 0 Å². The minimum atomic E-state index is -0.766. The van der Waals surface area contributed by atoms with Gasteiger partial charge in [0, 0.05) is 19.0 Å². The molecule has 2 rings (SSSR count). The first-order valence-electron chi connectivity index (χ1n) is 5.53. The van der Waals surface area contributed by atoms with Gasteiger partial charge >= 0.3 is 0 Å². The molecule has 1 aromatic heterocycles. The maximum Gasteiger partial charge on any atom is 0.272 e. The topological polar surface area (TPSA) is 94.1 Å². The van der Waals surface area contributed by atoms with Gasteiger partial charge in [0.1, 0.15) is 5.82 Å². The Labute approximate surface area is 107 Å². The zero-order valence-corrected chi connectivity index (χ0v) is 10.1. The molecule has 8 heteroatoms. The van der Waals surface area contributed by atoms with Crippen LogP contribution in [0.25, 0.3) is 11.5 Å². The van der Waals surface area contributed by atoms with Crippen molar-refractivity contribution >= 4 is 5.69 Å². The number of hydrogen-bond donors (Lipinski definition) is 1. The normalized spacial score (nSPS) is 10.6. The van der Waals surface area contributed by atoms with Crippen LogP contribution in [0.15, 0.2) is 22.6 Å². The summed E-state index contributed by atoms with van der Waals surface area (Å²) in [6, 6.07) is 3.27. The molecule has 0 spiro atoms. The van der Waals surface area contributed by atoms with Crippen molar-refractivity contribution in [3.8, 4) is 11.5 Å². The maximum atomic E-state index is 13.7. The zero-order valence-electron chi connectivity index (χ0n) is 10.1. The minimum Gasteiger partial charge on any atom is -0.421 e. The van der Waals surface area contributed by atoms with Gasteiger partial charge in [-0.2, -0.15) is 0 Å². The molecular weight excluding hydrogens is 255 g/mol. The molecule has 1 aromatic carbocycles. The predicted octanol–water partition coefficient (Wildman–Crippen LogP) is 1.55. The Balaban J connectivity index is 2.26. The van der Waals surface area contributed by atoms with Gasteiger partial charge in [-0.15, -0.1) is 10.2 Å². The molecule has 100 valence electrons. The monoisotopic (exact) mass is 266 g/mol. The Bertz CT molecular complexity index is 599. The number of nitro groups is 1. The minimum absolute atomic E-state index is 0.0125. The molecule has 0 atom stereocenters. The van der Waals surface area contributed by atoms with Crippen LogP contribution < -0.4 is 5.32 Å². The lowest BCUT2D eigenvalue weighted by molar-refractivity contribution is -0.385. The van der Waals surface area contributed by atoms with E-state index in [1.165, 1.54) is 12.1 Å². The van der Waals surface area contributed by atoms with Crippen molar-refractivity contribution in [3.05, 3.63) is 40.0 Å². The number of benzene rings is 1. The third-order valence-electron chi connectivity index (χ3n) is 2.45. The molecule has 7 nitrogen and oxygen atoms in total. The van der Waals surface area contributed by atoms with Gasteiger partial charge < -0.3 is 9.73 Å². The van der Waals surface area contributed by atoms with E-state index in [-0.39, 0.29) is 17.1 Å². The second kappa shape index (κ2) is 5.53. The second-order valence-electron chi connectivity index (χ2n) is 3.78. The van der Waals surface area contributed by atoms with E-state index < -0.39 is 10.7 Å². The van der Waals surface area contributed by atoms with Crippen LogP contribution in [0.5, 0.6) is 0 Å². The average molecular weight is 266 g/mol. The average Bonchev–Trinajstić information content (AvgIpc) is 2.84. The zero-order chi connectivity index (χ0) is 13.8. The first kappa shape index (κ1) is 13.1. The number of hydrogen-bond acceptors (Lipinski definition) is 6. The van der Waals surface area contributed by atoms with E-state index in [2.05, 4.69) is 15.5 Å². The molecule has 0 saturated carbocycles. The van der Waals surface area contributed by atoms with Crippen molar-refractivity contribution in [1.82, 2.24) is 15.5 Å². The highest BCUT2D eigenvalue weighted by Gasteiger charge is 2.16. The molecule has 0 aliphatic heterocycles. The summed E-state index contributed by atoms with van der Waals surface area (Å²) < 4.78 is 19.0. The van der Waals surface area contributed by atoms with Crippen LogP contribution in [-0.4, -0.2) is 28.7 Å². The van der Waals surface area contributed by atoms with Gasteiger partial charge in [-0.3, -0.25) is 10.1 Å². The van der Waals surface area contributed by atoms with Crippen LogP contribution >= 0.6 is 0 Å². The Morgan fingerprint density at radius 1 is 1.47 bits per heavy atom. The lowest BCUT2D eigenvalue weighted by Gasteiger charge is -1.97. The van der Waals surface area contributed by atoms with Crippen LogP contribution in [-0.2, 0) is 6.42 Å². The number of halogens is 1. The summed E-state index contributed by atoms with van der Waals surface area (Å²) in [5, 5.41) is 20.9. The number of non-ortho nitro benzene ring substituents is 1. The lowest BCUT2D eigenvalue weighted by atomic mass is 10.2. The first-order valence-corrected chi connectivity index (χ1v) is 5.53. The Morgan fingerprint density at radius 2 is 2.26 bits per heavy atom. The quantitative estimate of drug-likeness (QED) is 0.651. The van der Waals surface area contributed by atoms with Crippen LogP contribution in [0, 0.1) is 15.9 Å². The highest BCUT2D eigenvalue weighted by molar-refractivity contribution is 5.56. The number of nitrogens with one attached hydrogen (secondary N) is 1. The van der Waals surface area contributed by atoms with Gasteiger partial charge in [0.15, 0.2) is 0 Å². The lowest BCUT2D eigenvalue weighted by Crippen LogP contribution is -2.10. The highest BCUT2D eigenvalue weighted by Crippen LogP contribution is 2.25. The summed E-state index contributed by atoms with van der Waals surface area (Å²) in [5.74, 6) is -0.376. The molecule has 19 heavy (non-hydrogen) atoms. The molecule has 0 saturated heterocycles. The molecule has 0 amide bonds. The van der Waals surface area contributed by atoms with Gasteiger partial charge in [0.25, 0.3) is 11.6 Å². The molecule has 0 aliphatic carbocycles. The molecule has 0 bridgehead atoms. The maximum absolute atomic E-state index is 13.7. The molecule has 1 heterocycles. The highest BCUT2D eigenvalue weighted by atomic mass is 19.1. The third-order valence-corrected chi connectivity index (χ3v) is 2.45. The van der Waals surface area contributed by atoms with E-state index in [1.54, 1.807) is 7.05 Å². The summed E-state index contributed by atoms with van der Waals surface area (Å²) in [7, 11) is 1.78. The van der Waals surface area contributed by atoms with Gasteiger partial charge in [0.2, 0.25) is 5.89 Å². The van der Waals surface area contributed by atoms with Crippen molar-refractivity contribution < 1.29 is 13.7 Å². The molecule has 0 fully saturated rings. The van der Waals surface area contributed by atoms with E-state index in [9.17, 15) is 14.5 Å². The van der Waals surface area contributed by atoms with Crippen molar-refractivity contribution in [2.24, 2.45) is 0 Å². The van der Waals surface area contributed by atoms with Crippen LogP contribution in [0.3, 0.4) is 0 Å². The molecule has 0 radical (unpaired) electrons. The fourth-order valence-corrected chi connectivity index (χ4v) is 1.49. The summed E-state index contributed by atoms with van der Waals surface area (Å²) >= 11 is 0. The molecule has 2 aromatic rings. The Kier molecular flexibility index (Phi) is 3.81. The predicted molar refractivity (Wildman–Crippen MR) is 64.0 cm³/mol. The fourth-order valence-electron chi connectivity index (χ4n) is 1.49. The Morgan fingerprint density at radius 3 is 2.89 bits per heavy atom. The van der Waals surface area contributed by atoms with Gasteiger partial charge in [-0.05, 0) is 13.1 Å². The van der Waals surface area contributed by atoms with Gasteiger partial charge in [-0.25, -0.2) is 4.39 Å². The smallest absolute Gasteiger partial charge is 0.272 e. The summed E-state index contributed by atoms with van der Waals surface area (Å²) in [5.41, 5.74) is -0.273. The summed E-state index contributed by atoms with van der Waals surface area (Å²) in [6.07, 6.45) is 0.526. The van der Waals surface area contributed by atoms with Gasteiger partial charge in [-0.1, -0.05) is 0 Å². The van der Waals surface area contributed by atoms with E-state index in [0.29, 0.717) is 18.9 Å². The Hall–Kier alpha value is -2.35. The molecule has 0 aliphatic rings. The van der Waals surface area contributed by atoms with E-state index in [4.69, 9.17) is 4.42 Å². The molecular formula is C11H11FN4O3. The number of rotatable bonds is 5. The van der Waals surface area contributed by atoms with Crippen molar-refractivity contribution in [2.45, 2.75) is 6.42 Å². The largest absolute Gasteiger partial charge is 0.421 e. The van der Waals surface area contributed by atoms with Crippen molar-refractivity contribution in [1.29, 1.82) is 0 Å². The van der Waals surface area contributed by atoms with E-state index in [0.717, 1.165) is 6.07 Å². The van der Waals surface area contributed by atoms with Crippen LogP contribution in [0.4, 0.5) is 10.1 Å². The summed E-state index contributed by atoms with van der Waals surface area (Å²) in [6.45, 7) is 0.657. The number of nitrogens with zero attached hydrogens (tertiary/aromatic N) is 3. The van der Waals surface area contributed by atoms with Gasteiger partial charge in [0.05, 0.1) is 16.6 Å². The molecule has 0 unspecified atom stereocenters. The number of nitro benzene ring substituents is 1. The van der Waals surface area contributed by atoms with Crippen molar-refractivity contribution in [3.63, 3.8) is 0 Å².